The quantitative estimate of drug-likeness (QED) is 0.859. The third-order valence-electron chi connectivity index (χ3n) is 3.44. The third-order valence-corrected chi connectivity index (χ3v) is 3.93. The van der Waals surface area contributed by atoms with Gasteiger partial charge in [-0.15, -0.1) is 0 Å². The van der Waals surface area contributed by atoms with Gasteiger partial charge in [-0.25, -0.2) is 4.79 Å². The Balaban J connectivity index is 2.21. The van der Waals surface area contributed by atoms with E-state index in [2.05, 4.69) is 25.9 Å². The summed E-state index contributed by atoms with van der Waals surface area (Å²) in [6, 6.07) is 5.61. The summed E-state index contributed by atoms with van der Waals surface area (Å²) in [5, 5.41) is 10.2. The Bertz CT molecular complexity index is 938. The topological polar surface area (TPSA) is 87.4 Å². The summed E-state index contributed by atoms with van der Waals surface area (Å²) in [5.41, 5.74) is 1.11. The first kappa shape index (κ1) is 14.5. The summed E-state index contributed by atoms with van der Waals surface area (Å²) in [6.07, 6.45) is 3.15. The molecule has 0 atom stereocenters. The second-order valence-corrected chi connectivity index (χ2v) is 5.68. The highest BCUT2D eigenvalue weighted by Crippen LogP contribution is 2.34. The molecule has 0 saturated heterocycles. The van der Waals surface area contributed by atoms with Crippen molar-refractivity contribution in [3.63, 3.8) is 0 Å². The highest BCUT2D eigenvalue weighted by atomic mass is 79.9. The molecule has 0 radical (unpaired) electrons. The van der Waals surface area contributed by atoms with Crippen molar-refractivity contribution in [2.24, 2.45) is 4.99 Å². The van der Waals surface area contributed by atoms with Crippen molar-refractivity contribution in [1.29, 1.82) is 0 Å². The molecule has 3 rings (SSSR count). The molecule has 0 unspecified atom stereocenters. The van der Waals surface area contributed by atoms with E-state index in [-0.39, 0.29) is 18.0 Å². The minimum atomic E-state index is -0.629. The highest BCUT2D eigenvalue weighted by molar-refractivity contribution is 9.10. The molecule has 0 fully saturated rings. The van der Waals surface area contributed by atoms with Crippen molar-refractivity contribution in [1.82, 2.24) is 9.55 Å². The molecule has 2 aromatic rings. The number of nitrogens with zero attached hydrogens (tertiary/aromatic N) is 2. The van der Waals surface area contributed by atoms with Crippen molar-refractivity contribution in [3.05, 3.63) is 54.6 Å². The SMILES string of the molecule is CCn1c(O)c(/C=C2\C=Nc3ccc(Br)cc32)c(=O)[nH]c1=O. The van der Waals surface area contributed by atoms with Crippen LogP contribution in [0, 0.1) is 0 Å². The van der Waals surface area contributed by atoms with Gasteiger partial charge in [-0.05, 0) is 31.2 Å². The molecule has 2 N–H and O–H groups in total. The second-order valence-electron chi connectivity index (χ2n) is 4.76. The van der Waals surface area contributed by atoms with Crippen molar-refractivity contribution in [3.8, 4) is 5.88 Å². The van der Waals surface area contributed by atoms with E-state index in [4.69, 9.17) is 0 Å². The number of hydrogen-bond acceptors (Lipinski definition) is 4. The summed E-state index contributed by atoms with van der Waals surface area (Å²) in [6.45, 7) is 1.97. The average Bonchev–Trinajstić information content (AvgIpc) is 2.86. The fourth-order valence-electron chi connectivity index (χ4n) is 2.33. The summed E-state index contributed by atoms with van der Waals surface area (Å²) in [4.78, 5) is 30.0. The Labute approximate surface area is 133 Å². The summed E-state index contributed by atoms with van der Waals surface area (Å²) >= 11 is 3.39. The lowest BCUT2D eigenvalue weighted by atomic mass is 10.1. The van der Waals surface area contributed by atoms with Crippen molar-refractivity contribution >= 4 is 39.5 Å². The number of aromatic amines is 1. The Hall–Kier alpha value is -2.41. The molecule has 6 nitrogen and oxygen atoms in total. The minimum Gasteiger partial charge on any atom is -0.494 e. The van der Waals surface area contributed by atoms with Crippen LogP contribution >= 0.6 is 15.9 Å². The van der Waals surface area contributed by atoms with Crippen LogP contribution in [0.3, 0.4) is 0 Å². The van der Waals surface area contributed by atoms with Crippen LogP contribution in [0.15, 0.2) is 37.3 Å². The molecule has 0 saturated carbocycles. The molecule has 1 aromatic heterocycles. The number of nitrogens with one attached hydrogen (secondary N) is 1. The van der Waals surface area contributed by atoms with E-state index in [0.29, 0.717) is 5.57 Å². The first-order valence-electron chi connectivity index (χ1n) is 6.63. The first-order valence-corrected chi connectivity index (χ1v) is 7.42. The van der Waals surface area contributed by atoms with Gasteiger partial charge in [0.2, 0.25) is 5.88 Å². The van der Waals surface area contributed by atoms with Gasteiger partial charge in [-0.1, -0.05) is 15.9 Å². The van der Waals surface area contributed by atoms with Crippen LogP contribution in [0.2, 0.25) is 0 Å². The molecule has 1 aliphatic rings. The molecule has 0 aliphatic carbocycles. The van der Waals surface area contributed by atoms with Gasteiger partial charge in [-0.3, -0.25) is 19.3 Å². The van der Waals surface area contributed by atoms with Crippen LogP contribution in [-0.4, -0.2) is 20.9 Å². The zero-order valence-electron chi connectivity index (χ0n) is 11.6. The van der Waals surface area contributed by atoms with Gasteiger partial charge < -0.3 is 5.11 Å². The predicted molar refractivity (Wildman–Crippen MR) is 88.8 cm³/mol. The molecule has 0 bridgehead atoms. The number of rotatable bonds is 2. The zero-order chi connectivity index (χ0) is 15.9. The van der Waals surface area contributed by atoms with E-state index in [1.54, 1.807) is 13.1 Å². The number of aromatic hydroxyl groups is 1. The van der Waals surface area contributed by atoms with E-state index in [9.17, 15) is 14.7 Å². The van der Waals surface area contributed by atoms with Gasteiger partial charge in [0.05, 0.1) is 5.69 Å². The largest absolute Gasteiger partial charge is 0.494 e. The van der Waals surface area contributed by atoms with Crippen molar-refractivity contribution in [2.75, 3.05) is 0 Å². The number of halogens is 1. The predicted octanol–water partition coefficient (Wildman–Crippen LogP) is 2.28. The van der Waals surface area contributed by atoms with Crippen LogP contribution in [0.4, 0.5) is 5.69 Å². The van der Waals surface area contributed by atoms with Crippen LogP contribution in [0.1, 0.15) is 18.1 Å². The van der Waals surface area contributed by atoms with E-state index in [1.165, 1.54) is 6.08 Å². The fourth-order valence-corrected chi connectivity index (χ4v) is 2.69. The average molecular weight is 362 g/mol. The molecule has 22 heavy (non-hydrogen) atoms. The number of benzene rings is 1. The number of fused-ring (bicyclic) bond motifs is 1. The lowest BCUT2D eigenvalue weighted by Crippen LogP contribution is -2.30. The Morgan fingerprint density at radius 1 is 1.41 bits per heavy atom. The lowest BCUT2D eigenvalue weighted by Gasteiger charge is -2.07. The first-order chi connectivity index (χ1) is 10.5. The van der Waals surface area contributed by atoms with Gasteiger partial charge >= 0.3 is 5.69 Å². The third kappa shape index (κ3) is 2.33. The van der Waals surface area contributed by atoms with E-state index in [0.717, 1.165) is 20.3 Å². The highest BCUT2D eigenvalue weighted by Gasteiger charge is 2.16. The van der Waals surface area contributed by atoms with E-state index in [1.807, 2.05) is 18.2 Å². The smallest absolute Gasteiger partial charge is 0.331 e. The molecule has 112 valence electrons. The van der Waals surface area contributed by atoms with Crippen LogP contribution in [0.5, 0.6) is 5.88 Å². The van der Waals surface area contributed by atoms with Gasteiger partial charge in [0.1, 0.15) is 5.56 Å². The maximum atomic E-state index is 12.0. The number of aliphatic imine (C=N–C) groups is 1. The minimum absolute atomic E-state index is 0.0377. The van der Waals surface area contributed by atoms with Crippen molar-refractivity contribution < 1.29 is 5.11 Å². The Morgan fingerprint density at radius 3 is 2.91 bits per heavy atom. The second kappa shape index (κ2) is 5.42. The Kier molecular flexibility index (Phi) is 3.58. The van der Waals surface area contributed by atoms with E-state index < -0.39 is 11.2 Å². The maximum absolute atomic E-state index is 12.0. The Morgan fingerprint density at radius 2 is 2.18 bits per heavy atom. The number of hydrogen-bond donors (Lipinski definition) is 2. The number of H-pyrrole nitrogens is 1. The van der Waals surface area contributed by atoms with Crippen LogP contribution in [-0.2, 0) is 6.54 Å². The summed E-state index contributed by atoms with van der Waals surface area (Å²) in [7, 11) is 0. The van der Waals surface area contributed by atoms with Crippen molar-refractivity contribution in [2.45, 2.75) is 13.5 Å². The zero-order valence-corrected chi connectivity index (χ0v) is 13.2. The normalized spacial score (nSPS) is 14.5. The fraction of sp³-hybridized carbons (Fsp3) is 0.133. The summed E-state index contributed by atoms with van der Waals surface area (Å²) < 4.78 is 1.99. The molecule has 7 heteroatoms. The number of aromatic nitrogens is 2. The molecule has 1 aliphatic heterocycles. The number of allylic oxidation sites excluding steroid dienone is 1. The van der Waals surface area contributed by atoms with Crippen LogP contribution in [0.25, 0.3) is 11.6 Å². The van der Waals surface area contributed by atoms with Gasteiger partial charge in [0, 0.05) is 28.4 Å². The molecule has 2 heterocycles. The maximum Gasteiger partial charge on any atom is 0.331 e. The monoisotopic (exact) mass is 361 g/mol. The molecule has 0 spiro atoms. The molecular formula is C15H12BrN3O3. The van der Waals surface area contributed by atoms with E-state index >= 15 is 0 Å². The molecular weight excluding hydrogens is 350 g/mol. The van der Waals surface area contributed by atoms with Crippen LogP contribution < -0.4 is 11.2 Å². The van der Waals surface area contributed by atoms with Gasteiger partial charge in [0.15, 0.2) is 0 Å². The summed E-state index contributed by atoms with van der Waals surface area (Å²) in [5.74, 6) is -0.347. The lowest BCUT2D eigenvalue weighted by molar-refractivity contribution is 0.404. The van der Waals surface area contributed by atoms with Gasteiger partial charge in [-0.2, -0.15) is 0 Å². The molecule has 1 aromatic carbocycles. The standard InChI is InChI=1S/C15H12BrN3O3/c1-2-19-14(21)11(13(20)18-15(19)22)5-8-7-17-12-4-3-9(16)6-10(8)12/h3-7,21H,2H2,1H3,(H,18,20,22)/b8-5+. The molecule has 0 amide bonds. The van der Waals surface area contributed by atoms with Gasteiger partial charge in [0.25, 0.3) is 5.56 Å².